The molecule has 0 amide bonds. The molecule has 1 rings (SSSR count). The van der Waals surface area contributed by atoms with E-state index < -0.39 is 13.8 Å². The number of benzene rings is 1. The van der Waals surface area contributed by atoms with Gasteiger partial charge < -0.3 is 0 Å². The van der Waals surface area contributed by atoms with Gasteiger partial charge in [-0.3, -0.25) is 0 Å². The Morgan fingerprint density at radius 1 is 1.18 bits per heavy atom. The zero-order valence-electron chi connectivity index (χ0n) is 5.57. The Labute approximate surface area is 79.0 Å². The summed E-state index contributed by atoms with van der Waals surface area (Å²) in [6.07, 6.45) is 1.85. The molecule has 0 radical (unpaired) electrons. The Kier molecular flexibility index (Phi) is 4.06. The Bertz CT molecular complexity index is 282. The van der Waals surface area contributed by atoms with Gasteiger partial charge in [0.05, 0.1) is 0 Å². The summed E-state index contributed by atoms with van der Waals surface area (Å²) in [5, 5.41) is 0. The van der Waals surface area contributed by atoms with Gasteiger partial charge in [0.15, 0.2) is 0 Å². The third-order valence-electron chi connectivity index (χ3n) is 1.09. The first-order chi connectivity index (χ1) is 5.29. The average Bonchev–Trinajstić information content (AvgIpc) is 2.03. The first kappa shape index (κ1) is 9.18. The predicted octanol–water partition coefficient (Wildman–Crippen LogP) is 3.03. The summed E-state index contributed by atoms with van der Waals surface area (Å²) >= 11 is -2.01. The van der Waals surface area contributed by atoms with Crippen molar-refractivity contribution in [1.29, 1.82) is 0 Å². The molecule has 0 heterocycles. The zero-order valence-corrected chi connectivity index (χ0v) is 9.63. The molecule has 0 aliphatic carbocycles. The Morgan fingerprint density at radius 2 is 1.82 bits per heavy atom. The molecule has 0 nitrogen and oxygen atoms in total. The molecule has 60 valence electrons. The molecule has 3 heteroatoms. The molecule has 0 saturated carbocycles. The molecule has 0 aliphatic rings. The van der Waals surface area contributed by atoms with E-state index in [0.717, 1.165) is 5.56 Å². The number of rotatable bonds is 1. The van der Waals surface area contributed by atoms with Gasteiger partial charge in [-0.15, -0.1) is 0 Å². The van der Waals surface area contributed by atoms with E-state index in [0.29, 0.717) is 0 Å². The Balaban J connectivity index is 2.89. The molecule has 0 saturated heterocycles. The molecule has 0 spiro atoms. The van der Waals surface area contributed by atoms with Crippen LogP contribution < -0.4 is 0 Å². The molecular formula is C8H6Cl2Os. The van der Waals surface area contributed by atoms with E-state index >= 15 is 0 Å². The van der Waals surface area contributed by atoms with E-state index in [-0.39, 0.29) is 0 Å². The van der Waals surface area contributed by atoms with Crippen LogP contribution >= 0.6 is 19.3 Å². The molecule has 0 aliphatic heterocycles. The monoisotopic (exact) mass is 364 g/mol. The maximum atomic E-state index is 5.63. The van der Waals surface area contributed by atoms with E-state index in [1.54, 1.807) is 0 Å². The van der Waals surface area contributed by atoms with Gasteiger partial charge in [0.2, 0.25) is 0 Å². The van der Waals surface area contributed by atoms with Gasteiger partial charge in [-0.25, -0.2) is 0 Å². The van der Waals surface area contributed by atoms with E-state index in [9.17, 15) is 0 Å². The fraction of sp³-hybridized carbons (Fsp3) is 0. The summed E-state index contributed by atoms with van der Waals surface area (Å²) < 4.78 is 2.94. The normalized spacial score (nSPS) is 10.2. The summed E-state index contributed by atoms with van der Waals surface area (Å²) in [6, 6.07) is 9.89. The van der Waals surface area contributed by atoms with Crippen LogP contribution in [-0.4, -0.2) is 4.22 Å². The molecule has 0 bridgehead atoms. The number of hydrogen-bond donors (Lipinski definition) is 0. The van der Waals surface area contributed by atoms with Crippen molar-refractivity contribution in [3.8, 4) is 0 Å². The summed E-state index contributed by atoms with van der Waals surface area (Å²) in [7, 11) is 11.3. The maximum absolute atomic E-state index is 5.63. The quantitative estimate of drug-likeness (QED) is 0.720. The van der Waals surface area contributed by atoms with Crippen molar-refractivity contribution < 1.29 is 13.8 Å². The second-order valence-corrected chi connectivity index (χ2v) is 9.39. The summed E-state index contributed by atoms with van der Waals surface area (Å²) in [6.45, 7) is 0. The third-order valence-corrected chi connectivity index (χ3v) is 3.28. The van der Waals surface area contributed by atoms with Gasteiger partial charge in [0, 0.05) is 0 Å². The summed E-state index contributed by atoms with van der Waals surface area (Å²) in [4.78, 5) is 0. The molecule has 1 aromatic carbocycles. The van der Waals surface area contributed by atoms with E-state index in [1.807, 2.05) is 36.4 Å². The van der Waals surface area contributed by atoms with Crippen molar-refractivity contribution in [3.63, 3.8) is 0 Å². The fourth-order valence-electron chi connectivity index (χ4n) is 0.647. The van der Waals surface area contributed by atoms with Crippen LogP contribution in [0.4, 0.5) is 0 Å². The van der Waals surface area contributed by atoms with Gasteiger partial charge >= 0.3 is 79.2 Å². The molecule has 0 atom stereocenters. The van der Waals surface area contributed by atoms with Crippen LogP contribution in [0, 0.1) is 0 Å². The minimum atomic E-state index is -2.01. The van der Waals surface area contributed by atoms with Gasteiger partial charge in [-0.1, -0.05) is 0 Å². The average molecular weight is 363 g/mol. The van der Waals surface area contributed by atoms with Crippen molar-refractivity contribution in [2.24, 2.45) is 0 Å². The van der Waals surface area contributed by atoms with Crippen molar-refractivity contribution >= 4 is 29.6 Å². The van der Waals surface area contributed by atoms with Crippen LogP contribution in [-0.2, 0) is 13.8 Å². The number of hydrogen-bond acceptors (Lipinski definition) is 0. The molecule has 0 aromatic heterocycles. The first-order valence-electron chi connectivity index (χ1n) is 2.93. The van der Waals surface area contributed by atoms with Gasteiger partial charge in [-0.2, -0.15) is 0 Å². The van der Waals surface area contributed by atoms with Gasteiger partial charge in [0.25, 0.3) is 0 Å². The van der Waals surface area contributed by atoms with Crippen molar-refractivity contribution in [2.45, 2.75) is 0 Å². The predicted molar refractivity (Wildman–Crippen MR) is 47.6 cm³/mol. The molecular weight excluding hydrogens is 357 g/mol. The van der Waals surface area contributed by atoms with Gasteiger partial charge in [0.1, 0.15) is 0 Å². The fourth-order valence-corrected chi connectivity index (χ4v) is 1.98. The molecule has 0 unspecified atom stereocenters. The third kappa shape index (κ3) is 3.85. The first-order valence-corrected chi connectivity index (χ1v) is 10.5. The summed E-state index contributed by atoms with van der Waals surface area (Å²) in [5.74, 6) is 0. The van der Waals surface area contributed by atoms with Crippen molar-refractivity contribution in [3.05, 3.63) is 35.9 Å². The van der Waals surface area contributed by atoms with Crippen LogP contribution in [0.2, 0.25) is 0 Å². The Hall–Kier alpha value is 0.0864. The van der Waals surface area contributed by atoms with E-state index in [4.69, 9.17) is 19.3 Å². The topological polar surface area (TPSA) is 0 Å². The van der Waals surface area contributed by atoms with Crippen LogP contribution in [0.1, 0.15) is 5.56 Å². The van der Waals surface area contributed by atoms with Crippen LogP contribution in [0.15, 0.2) is 30.3 Å². The zero-order chi connectivity index (χ0) is 8.10. The number of halogens is 2. The van der Waals surface area contributed by atoms with Gasteiger partial charge in [-0.05, 0) is 0 Å². The second kappa shape index (κ2) is 4.86. The Morgan fingerprint density at radius 3 is 2.36 bits per heavy atom. The standard InChI is InChI=1S/C8H6.2ClH.Os/c1-2-8-6-4-3-5-7-8;;;/h2-7H;2*1H;/q;;;+2/p-2. The second-order valence-electron chi connectivity index (χ2n) is 1.84. The van der Waals surface area contributed by atoms with Crippen LogP contribution in [0.3, 0.4) is 0 Å². The van der Waals surface area contributed by atoms with E-state index in [2.05, 4.69) is 4.22 Å². The van der Waals surface area contributed by atoms with Crippen molar-refractivity contribution in [1.82, 2.24) is 0 Å². The van der Waals surface area contributed by atoms with Crippen LogP contribution in [0.25, 0.3) is 6.08 Å². The van der Waals surface area contributed by atoms with Crippen LogP contribution in [0.5, 0.6) is 0 Å². The van der Waals surface area contributed by atoms with E-state index in [1.165, 1.54) is 0 Å². The molecule has 0 fully saturated rings. The SMILES string of the molecule is [Cl][Os]([Cl])=[C]=Cc1ccccc1. The summed E-state index contributed by atoms with van der Waals surface area (Å²) in [5.41, 5.74) is 1.10. The van der Waals surface area contributed by atoms with Crippen molar-refractivity contribution in [2.75, 3.05) is 0 Å². The minimum absolute atomic E-state index is 1.10. The molecule has 11 heavy (non-hydrogen) atoms. The molecule has 0 N–H and O–H groups in total. The molecule has 1 aromatic rings.